The lowest BCUT2D eigenvalue weighted by Crippen LogP contribution is -2.45. The minimum atomic E-state index is -0.0349. The van der Waals surface area contributed by atoms with Gasteiger partial charge >= 0.3 is 0 Å². The van der Waals surface area contributed by atoms with Crippen LogP contribution in [0.15, 0.2) is 30.6 Å². The molecular weight excluding hydrogens is 282 g/mol. The lowest BCUT2D eigenvalue weighted by Gasteiger charge is -2.32. The van der Waals surface area contributed by atoms with Gasteiger partial charge in [-0.25, -0.2) is 0 Å². The molecule has 0 spiro atoms. The maximum atomic E-state index is 12.3. The van der Waals surface area contributed by atoms with Crippen molar-refractivity contribution in [2.75, 3.05) is 13.1 Å². The quantitative estimate of drug-likeness (QED) is 0.844. The number of amides is 1. The van der Waals surface area contributed by atoms with E-state index in [0.717, 1.165) is 25.1 Å². The molecule has 1 aliphatic heterocycles. The van der Waals surface area contributed by atoms with Crippen molar-refractivity contribution in [3.63, 3.8) is 0 Å². The van der Waals surface area contributed by atoms with Gasteiger partial charge < -0.3 is 9.64 Å². The van der Waals surface area contributed by atoms with E-state index in [1.54, 1.807) is 17.1 Å². The fraction of sp³-hybridized carbons (Fsp3) is 0.467. The molecule has 0 aromatic carbocycles. The standard InChI is InChI=1S/C15H19N5O2/c1-12-5-6-14(18-17-12)22-13-4-2-8-19(10-13)15(21)11-20-9-3-7-16-20/h3,5-7,9,13H,2,4,8,10-11H2,1H3. The van der Waals surface area contributed by atoms with Crippen LogP contribution < -0.4 is 4.74 Å². The van der Waals surface area contributed by atoms with E-state index in [1.807, 2.05) is 30.0 Å². The lowest BCUT2D eigenvalue weighted by atomic mass is 10.1. The van der Waals surface area contributed by atoms with Gasteiger partial charge in [0.2, 0.25) is 11.8 Å². The van der Waals surface area contributed by atoms with Crippen molar-refractivity contribution in [2.45, 2.75) is 32.4 Å². The van der Waals surface area contributed by atoms with Gasteiger partial charge in [-0.05, 0) is 31.9 Å². The van der Waals surface area contributed by atoms with Crippen molar-refractivity contribution in [1.82, 2.24) is 24.9 Å². The van der Waals surface area contributed by atoms with Crippen LogP contribution in [0.25, 0.3) is 0 Å². The minimum Gasteiger partial charge on any atom is -0.471 e. The Morgan fingerprint density at radius 1 is 1.41 bits per heavy atom. The average Bonchev–Trinajstić information content (AvgIpc) is 3.03. The molecule has 3 rings (SSSR count). The number of ether oxygens (including phenoxy) is 1. The van der Waals surface area contributed by atoms with E-state index in [2.05, 4.69) is 15.3 Å². The first-order valence-electron chi connectivity index (χ1n) is 7.43. The van der Waals surface area contributed by atoms with Crippen molar-refractivity contribution in [3.8, 4) is 5.88 Å². The highest BCUT2D eigenvalue weighted by molar-refractivity contribution is 5.76. The predicted molar refractivity (Wildman–Crippen MR) is 79.2 cm³/mol. The molecule has 0 radical (unpaired) electrons. The number of likely N-dealkylation sites (tertiary alicyclic amines) is 1. The topological polar surface area (TPSA) is 73.1 Å². The molecule has 0 saturated carbocycles. The molecule has 1 saturated heterocycles. The summed E-state index contributed by atoms with van der Waals surface area (Å²) in [5.41, 5.74) is 0.854. The fourth-order valence-corrected chi connectivity index (χ4v) is 2.51. The first-order chi connectivity index (χ1) is 10.7. The summed E-state index contributed by atoms with van der Waals surface area (Å²) in [6.45, 7) is 3.49. The molecule has 2 aromatic rings. The van der Waals surface area contributed by atoms with Crippen molar-refractivity contribution >= 4 is 5.91 Å². The van der Waals surface area contributed by atoms with Gasteiger partial charge in [0.1, 0.15) is 12.6 Å². The van der Waals surface area contributed by atoms with E-state index in [0.29, 0.717) is 12.4 Å². The summed E-state index contributed by atoms with van der Waals surface area (Å²) in [5, 5.41) is 12.1. The van der Waals surface area contributed by atoms with Gasteiger partial charge in [0, 0.05) is 25.0 Å². The Morgan fingerprint density at radius 3 is 3.05 bits per heavy atom. The Kier molecular flexibility index (Phi) is 4.32. The largest absolute Gasteiger partial charge is 0.471 e. The number of nitrogens with zero attached hydrogens (tertiary/aromatic N) is 5. The summed E-state index contributed by atoms with van der Waals surface area (Å²) < 4.78 is 7.47. The van der Waals surface area contributed by atoms with Gasteiger partial charge in [0.05, 0.1) is 12.2 Å². The van der Waals surface area contributed by atoms with Crippen LogP contribution in [-0.2, 0) is 11.3 Å². The fourth-order valence-electron chi connectivity index (χ4n) is 2.51. The van der Waals surface area contributed by atoms with Crippen LogP contribution in [0.5, 0.6) is 5.88 Å². The Bertz CT molecular complexity index is 611. The Morgan fingerprint density at radius 2 is 2.32 bits per heavy atom. The van der Waals surface area contributed by atoms with Gasteiger partial charge in [-0.1, -0.05) is 0 Å². The highest BCUT2D eigenvalue weighted by Crippen LogP contribution is 2.16. The molecular formula is C15H19N5O2. The average molecular weight is 301 g/mol. The van der Waals surface area contributed by atoms with Crippen molar-refractivity contribution in [1.29, 1.82) is 0 Å². The summed E-state index contributed by atoms with van der Waals surface area (Å²) in [7, 11) is 0. The lowest BCUT2D eigenvalue weighted by molar-refractivity contribution is -0.134. The van der Waals surface area contributed by atoms with Gasteiger partial charge in [0.15, 0.2) is 0 Å². The smallest absolute Gasteiger partial charge is 0.244 e. The Balaban J connectivity index is 1.56. The number of aromatic nitrogens is 4. The zero-order chi connectivity index (χ0) is 15.4. The predicted octanol–water partition coefficient (Wildman–Crippen LogP) is 1.05. The minimum absolute atomic E-state index is 0.0349. The maximum absolute atomic E-state index is 12.3. The number of carbonyl (C=O) groups excluding carboxylic acids is 1. The second-order valence-corrected chi connectivity index (χ2v) is 5.44. The second kappa shape index (κ2) is 6.55. The van der Waals surface area contributed by atoms with Gasteiger partial charge in [-0.2, -0.15) is 10.2 Å². The summed E-state index contributed by atoms with van der Waals surface area (Å²) in [4.78, 5) is 14.1. The third kappa shape index (κ3) is 3.60. The zero-order valence-electron chi connectivity index (χ0n) is 12.6. The monoisotopic (exact) mass is 301 g/mol. The first kappa shape index (κ1) is 14.5. The van der Waals surface area contributed by atoms with E-state index >= 15 is 0 Å². The van der Waals surface area contributed by atoms with E-state index < -0.39 is 0 Å². The van der Waals surface area contributed by atoms with Crippen LogP contribution in [0.1, 0.15) is 18.5 Å². The molecule has 1 aliphatic rings. The molecule has 7 heteroatoms. The molecule has 1 unspecified atom stereocenters. The summed E-state index contributed by atoms with van der Waals surface area (Å²) >= 11 is 0. The number of hydrogen-bond acceptors (Lipinski definition) is 5. The number of aryl methyl sites for hydroxylation is 1. The van der Waals surface area contributed by atoms with Crippen molar-refractivity contribution < 1.29 is 9.53 Å². The van der Waals surface area contributed by atoms with Crippen LogP contribution in [0.3, 0.4) is 0 Å². The normalized spacial score (nSPS) is 18.2. The molecule has 0 aliphatic carbocycles. The molecule has 7 nitrogen and oxygen atoms in total. The van der Waals surface area contributed by atoms with Crippen molar-refractivity contribution in [2.24, 2.45) is 0 Å². The van der Waals surface area contributed by atoms with Crippen molar-refractivity contribution in [3.05, 3.63) is 36.3 Å². The van der Waals surface area contributed by atoms with Crippen LogP contribution in [0.2, 0.25) is 0 Å². The third-order valence-electron chi connectivity index (χ3n) is 3.65. The van der Waals surface area contributed by atoms with E-state index in [1.165, 1.54) is 0 Å². The molecule has 3 heterocycles. The SMILES string of the molecule is Cc1ccc(OC2CCCN(C(=O)Cn3cccn3)C2)nn1. The number of carbonyl (C=O) groups is 1. The Labute approximate surface area is 128 Å². The van der Waals surface area contributed by atoms with Crippen LogP contribution >= 0.6 is 0 Å². The highest BCUT2D eigenvalue weighted by atomic mass is 16.5. The number of hydrogen-bond donors (Lipinski definition) is 0. The summed E-state index contributed by atoms with van der Waals surface area (Å²) in [6, 6.07) is 5.49. The molecule has 0 N–H and O–H groups in total. The zero-order valence-corrected chi connectivity index (χ0v) is 12.6. The van der Waals surface area contributed by atoms with Gasteiger partial charge in [0.25, 0.3) is 0 Å². The molecule has 0 bridgehead atoms. The van der Waals surface area contributed by atoms with Gasteiger partial charge in [-0.15, -0.1) is 5.10 Å². The Hall–Kier alpha value is -2.44. The third-order valence-corrected chi connectivity index (χ3v) is 3.65. The highest BCUT2D eigenvalue weighted by Gasteiger charge is 2.25. The number of piperidine rings is 1. The molecule has 2 aromatic heterocycles. The van der Waals surface area contributed by atoms with Crippen LogP contribution in [0, 0.1) is 6.92 Å². The van der Waals surface area contributed by atoms with E-state index in [9.17, 15) is 4.79 Å². The van der Waals surface area contributed by atoms with Crippen LogP contribution in [0.4, 0.5) is 0 Å². The first-order valence-corrected chi connectivity index (χ1v) is 7.43. The molecule has 22 heavy (non-hydrogen) atoms. The second-order valence-electron chi connectivity index (χ2n) is 5.44. The summed E-state index contributed by atoms with van der Waals surface area (Å²) in [6.07, 6.45) is 5.27. The number of rotatable bonds is 4. The maximum Gasteiger partial charge on any atom is 0.244 e. The van der Waals surface area contributed by atoms with Crippen LogP contribution in [-0.4, -0.2) is 50.0 Å². The molecule has 1 amide bonds. The summed E-state index contributed by atoms with van der Waals surface area (Å²) in [5.74, 6) is 0.573. The van der Waals surface area contributed by atoms with E-state index in [4.69, 9.17) is 4.74 Å². The van der Waals surface area contributed by atoms with Gasteiger partial charge in [-0.3, -0.25) is 9.48 Å². The van der Waals surface area contributed by atoms with E-state index in [-0.39, 0.29) is 18.6 Å². The molecule has 1 fully saturated rings. The molecule has 116 valence electrons. The molecule has 1 atom stereocenters.